The molecule has 1 aliphatic heterocycles. The Labute approximate surface area is 145 Å². The summed E-state index contributed by atoms with van der Waals surface area (Å²) in [6.07, 6.45) is -3.48. The number of para-hydroxylation sites is 1. The lowest BCUT2D eigenvalue weighted by Gasteiger charge is -2.19. The molecule has 0 spiro atoms. The van der Waals surface area contributed by atoms with E-state index in [0.29, 0.717) is 16.2 Å². The van der Waals surface area contributed by atoms with E-state index in [1.807, 2.05) is 0 Å². The van der Waals surface area contributed by atoms with Gasteiger partial charge in [-0.3, -0.25) is 14.4 Å². The second-order valence-corrected chi connectivity index (χ2v) is 5.60. The first-order valence-electron chi connectivity index (χ1n) is 7.63. The number of Topliss-reactive ketones (excluding diaryl/α,β-unsaturated/α-hetero) is 1. The summed E-state index contributed by atoms with van der Waals surface area (Å²) in [5.41, 5.74) is -2.11. The maximum absolute atomic E-state index is 12.8. The molecule has 1 aliphatic rings. The van der Waals surface area contributed by atoms with E-state index in [-0.39, 0.29) is 30.2 Å². The number of benzene rings is 1. The SMILES string of the molecule is O=C(Cn1cccc(C(F)(F)F)c1=O)Nc1cccc2c1OCCC2=O. The Morgan fingerprint density at radius 3 is 2.69 bits per heavy atom. The van der Waals surface area contributed by atoms with E-state index in [0.717, 1.165) is 12.3 Å². The van der Waals surface area contributed by atoms with Gasteiger partial charge in [-0.1, -0.05) is 6.07 Å². The summed E-state index contributed by atoms with van der Waals surface area (Å²) in [6, 6.07) is 6.32. The number of alkyl halides is 3. The van der Waals surface area contributed by atoms with Gasteiger partial charge in [0.1, 0.15) is 12.1 Å². The molecule has 1 aromatic heterocycles. The molecule has 3 rings (SSSR count). The van der Waals surface area contributed by atoms with Crippen molar-refractivity contribution < 1.29 is 27.5 Å². The van der Waals surface area contributed by atoms with Crippen LogP contribution in [0.4, 0.5) is 18.9 Å². The van der Waals surface area contributed by atoms with E-state index in [9.17, 15) is 27.6 Å². The first-order valence-corrected chi connectivity index (χ1v) is 7.63. The molecule has 0 aliphatic carbocycles. The third-order valence-corrected chi connectivity index (χ3v) is 3.80. The normalized spacial score (nSPS) is 13.7. The largest absolute Gasteiger partial charge is 0.490 e. The number of nitrogens with one attached hydrogen (secondary N) is 1. The fraction of sp³-hybridized carbons (Fsp3) is 0.235. The van der Waals surface area contributed by atoms with Gasteiger partial charge in [-0.05, 0) is 24.3 Å². The van der Waals surface area contributed by atoms with Crippen molar-refractivity contribution in [1.82, 2.24) is 4.57 Å². The van der Waals surface area contributed by atoms with Gasteiger partial charge in [-0.25, -0.2) is 0 Å². The van der Waals surface area contributed by atoms with Crippen LogP contribution in [-0.2, 0) is 17.5 Å². The highest BCUT2D eigenvalue weighted by Gasteiger charge is 2.34. The summed E-state index contributed by atoms with van der Waals surface area (Å²) in [5, 5.41) is 2.47. The summed E-state index contributed by atoms with van der Waals surface area (Å²) in [7, 11) is 0. The lowest BCUT2D eigenvalue weighted by molar-refractivity contribution is -0.139. The summed E-state index contributed by atoms with van der Waals surface area (Å²) >= 11 is 0. The minimum absolute atomic E-state index is 0.128. The number of hydrogen-bond donors (Lipinski definition) is 1. The zero-order valence-electron chi connectivity index (χ0n) is 13.3. The predicted octanol–water partition coefficient (Wildman–Crippen LogP) is 2.47. The minimum atomic E-state index is -4.80. The van der Waals surface area contributed by atoms with Crippen molar-refractivity contribution in [1.29, 1.82) is 0 Å². The van der Waals surface area contributed by atoms with Crippen LogP contribution in [0.15, 0.2) is 41.3 Å². The number of rotatable bonds is 3. The Bertz CT molecular complexity index is 934. The van der Waals surface area contributed by atoms with Crippen LogP contribution < -0.4 is 15.6 Å². The number of fused-ring (bicyclic) bond motifs is 1. The molecule has 0 unspecified atom stereocenters. The fourth-order valence-corrected chi connectivity index (χ4v) is 2.61. The second kappa shape index (κ2) is 6.66. The van der Waals surface area contributed by atoms with Crippen molar-refractivity contribution in [2.24, 2.45) is 0 Å². The molecule has 9 heteroatoms. The molecule has 6 nitrogen and oxygen atoms in total. The van der Waals surface area contributed by atoms with Gasteiger partial charge in [-0.15, -0.1) is 0 Å². The molecule has 0 bridgehead atoms. The standard InChI is InChI=1S/C17H13F3N2O4/c18-17(19,20)11-4-2-7-22(16(11)25)9-14(24)21-12-5-1-3-10-13(23)6-8-26-15(10)12/h1-5,7H,6,8-9H2,(H,21,24). The lowest BCUT2D eigenvalue weighted by atomic mass is 10.0. The Morgan fingerprint density at radius 1 is 1.19 bits per heavy atom. The number of ketones is 1. The first kappa shape index (κ1) is 17.7. The van der Waals surface area contributed by atoms with Crippen molar-refractivity contribution in [3.63, 3.8) is 0 Å². The predicted molar refractivity (Wildman–Crippen MR) is 85.2 cm³/mol. The number of amides is 1. The van der Waals surface area contributed by atoms with E-state index < -0.39 is 29.8 Å². The molecule has 1 aromatic carbocycles. The molecule has 0 fully saturated rings. The number of nitrogens with zero attached hydrogens (tertiary/aromatic N) is 1. The number of halogens is 3. The molecule has 0 atom stereocenters. The molecule has 1 N–H and O–H groups in total. The number of ether oxygens (including phenoxy) is 1. The highest BCUT2D eigenvalue weighted by Crippen LogP contribution is 2.32. The van der Waals surface area contributed by atoms with Gasteiger partial charge in [0.2, 0.25) is 5.91 Å². The molecule has 1 amide bonds. The zero-order valence-corrected chi connectivity index (χ0v) is 13.3. The van der Waals surface area contributed by atoms with E-state index >= 15 is 0 Å². The summed E-state index contributed by atoms with van der Waals surface area (Å²) in [5.74, 6) is -0.633. The Morgan fingerprint density at radius 2 is 1.96 bits per heavy atom. The van der Waals surface area contributed by atoms with Crippen LogP contribution >= 0.6 is 0 Å². The van der Waals surface area contributed by atoms with Crippen molar-refractivity contribution >= 4 is 17.4 Å². The summed E-state index contributed by atoms with van der Waals surface area (Å²) in [6.45, 7) is -0.438. The quantitative estimate of drug-likeness (QED) is 0.905. The maximum atomic E-state index is 12.8. The Hall–Kier alpha value is -3.10. The average molecular weight is 366 g/mol. The van der Waals surface area contributed by atoms with Crippen molar-refractivity contribution in [2.75, 3.05) is 11.9 Å². The molecule has 2 aromatic rings. The molecule has 0 saturated carbocycles. The highest BCUT2D eigenvalue weighted by molar-refractivity contribution is 6.03. The monoisotopic (exact) mass is 366 g/mol. The summed E-state index contributed by atoms with van der Waals surface area (Å²) < 4.78 is 44.4. The minimum Gasteiger partial charge on any atom is -0.490 e. The molecular formula is C17H13F3N2O4. The first-order chi connectivity index (χ1) is 12.3. The maximum Gasteiger partial charge on any atom is 0.421 e. The fourth-order valence-electron chi connectivity index (χ4n) is 2.61. The summed E-state index contributed by atoms with van der Waals surface area (Å²) in [4.78, 5) is 35.9. The molecular weight excluding hydrogens is 353 g/mol. The highest BCUT2D eigenvalue weighted by atomic mass is 19.4. The Kier molecular flexibility index (Phi) is 4.54. The van der Waals surface area contributed by atoms with E-state index in [1.54, 1.807) is 12.1 Å². The van der Waals surface area contributed by atoms with Crippen LogP contribution in [0.2, 0.25) is 0 Å². The van der Waals surface area contributed by atoms with E-state index in [1.165, 1.54) is 6.07 Å². The van der Waals surface area contributed by atoms with E-state index in [4.69, 9.17) is 4.74 Å². The smallest absolute Gasteiger partial charge is 0.421 e. The molecule has 0 saturated heterocycles. The van der Waals surface area contributed by atoms with Crippen molar-refractivity contribution in [3.8, 4) is 5.75 Å². The van der Waals surface area contributed by atoms with Gasteiger partial charge >= 0.3 is 6.18 Å². The van der Waals surface area contributed by atoms with Crippen LogP contribution in [0.5, 0.6) is 5.75 Å². The van der Waals surface area contributed by atoms with Gasteiger partial charge in [0.05, 0.1) is 17.9 Å². The zero-order chi connectivity index (χ0) is 18.9. The number of carbonyl (C=O) groups excluding carboxylic acids is 2. The van der Waals surface area contributed by atoms with Crippen molar-refractivity contribution in [2.45, 2.75) is 19.1 Å². The topological polar surface area (TPSA) is 77.4 Å². The second-order valence-electron chi connectivity index (χ2n) is 5.60. The average Bonchev–Trinajstić information content (AvgIpc) is 2.57. The number of carbonyl (C=O) groups is 2. The third-order valence-electron chi connectivity index (χ3n) is 3.80. The third kappa shape index (κ3) is 3.46. The lowest BCUT2D eigenvalue weighted by Crippen LogP contribution is -2.32. The van der Waals surface area contributed by atoms with Gasteiger partial charge < -0.3 is 14.6 Å². The molecule has 0 radical (unpaired) electrons. The van der Waals surface area contributed by atoms with Gasteiger partial charge in [0, 0.05) is 12.6 Å². The Balaban J connectivity index is 1.82. The number of anilines is 1. The molecule has 26 heavy (non-hydrogen) atoms. The number of pyridine rings is 1. The molecule has 136 valence electrons. The van der Waals surface area contributed by atoms with Crippen LogP contribution in [0.3, 0.4) is 0 Å². The van der Waals surface area contributed by atoms with Gasteiger partial charge in [-0.2, -0.15) is 13.2 Å². The number of aromatic nitrogens is 1. The van der Waals surface area contributed by atoms with Crippen LogP contribution in [0.1, 0.15) is 22.3 Å². The van der Waals surface area contributed by atoms with E-state index in [2.05, 4.69) is 5.32 Å². The van der Waals surface area contributed by atoms with Crippen LogP contribution in [-0.4, -0.2) is 22.9 Å². The van der Waals surface area contributed by atoms with Crippen molar-refractivity contribution in [3.05, 3.63) is 58.0 Å². The number of hydrogen-bond acceptors (Lipinski definition) is 4. The van der Waals surface area contributed by atoms with Crippen LogP contribution in [0.25, 0.3) is 0 Å². The van der Waals surface area contributed by atoms with Gasteiger partial charge in [0.25, 0.3) is 5.56 Å². The van der Waals surface area contributed by atoms with Gasteiger partial charge in [0.15, 0.2) is 11.5 Å². The van der Waals surface area contributed by atoms with Crippen LogP contribution in [0, 0.1) is 0 Å². The molecule has 2 heterocycles.